The molecule has 1 aromatic rings. The molecule has 0 bridgehead atoms. The van der Waals surface area contributed by atoms with Crippen LogP contribution in [-0.2, 0) is 14.3 Å². The van der Waals surface area contributed by atoms with Gasteiger partial charge in [-0.15, -0.1) is 0 Å². The Morgan fingerprint density at radius 3 is 2.60 bits per heavy atom. The van der Waals surface area contributed by atoms with Gasteiger partial charge in [0, 0.05) is 4.47 Å². The van der Waals surface area contributed by atoms with Gasteiger partial charge in [0.1, 0.15) is 0 Å². The first-order valence-electron chi connectivity index (χ1n) is 7.48. The average molecular weight is 429 g/mol. The SMILES string of the molecule is CCOC(=O)COc1cc(Br)c(C=C2SC(=N)NC2=O)cc1OCC. The fourth-order valence-electron chi connectivity index (χ4n) is 1.96. The Bertz CT molecular complexity index is 735. The average Bonchev–Trinajstić information content (AvgIpc) is 2.87. The van der Waals surface area contributed by atoms with Gasteiger partial charge in [-0.05, 0) is 49.4 Å². The second-order valence-corrected chi connectivity index (χ2v) is 6.65. The molecular weight excluding hydrogens is 412 g/mol. The van der Waals surface area contributed by atoms with Crippen LogP contribution in [0.5, 0.6) is 11.5 Å². The quantitative estimate of drug-likeness (QED) is 0.511. The van der Waals surface area contributed by atoms with Crippen molar-refractivity contribution >= 4 is 50.8 Å². The molecule has 1 aromatic carbocycles. The van der Waals surface area contributed by atoms with Gasteiger partial charge in [0.15, 0.2) is 23.3 Å². The monoisotopic (exact) mass is 428 g/mol. The van der Waals surface area contributed by atoms with Crippen molar-refractivity contribution in [3.63, 3.8) is 0 Å². The molecule has 1 aliphatic heterocycles. The van der Waals surface area contributed by atoms with Gasteiger partial charge in [0.25, 0.3) is 5.91 Å². The van der Waals surface area contributed by atoms with Crippen LogP contribution in [0.3, 0.4) is 0 Å². The lowest BCUT2D eigenvalue weighted by Gasteiger charge is -2.13. The van der Waals surface area contributed by atoms with Crippen LogP contribution in [0.15, 0.2) is 21.5 Å². The van der Waals surface area contributed by atoms with Crippen molar-refractivity contribution in [2.24, 2.45) is 0 Å². The van der Waals surface area contributed by atoms with Crippen LogP contribution < -0.4 is 14.8 Å². The van der Waals surface area contributed by atoms with E-state index >= 15 is 0 Å². The van der Waals surface area contributed by atoms with Crippen LogP contribution in [0.25, 0.3) is 6.08 Å². The van der Waals surface area contributed by atoms with Crippen molar-refractivity contribution in [1.82, 2.24) is 5.32 Å². The number of rotatable bonds is 7. The molecule has 0 unspecified atom stereocenters. The summed E-state index contributed by atoms with van der Waals surface area (Å²) in [5.74, 6) is 0.0489. The zero-order chi connectivity index (χ0) is 18.4. The Balaban J connectivity index is 2.27. The number of carbonyl (C=O) groups excluding carboxylic acids is 2. The third-order valence-electron chi connectivity index (χ3n) is 2.96. The second kappa shape index (κ2) is 8.91. The van der Waals surface area contributed by atoms with Crippen molar-refractivity contribution in [2.45, 2.75) is 13.8 Å². The topological polar surface area (TPSA) is 97.7 Å². The van der Waals surface area contributed by atoms with Crippen LogP contribution >= 0.6 is 27.7 Å². The molecule has 0 aromatic heterocycles. The highest BCUT2D eigenvalue weighted by Gasteiger charge is 2.23. The lowest BCUT2D eigenvalue weighted by Crippen LogP contribution is -2.18. The highest BCUT2D eigenvalue weighted by Crippen LogP contribution is 2.36. The number of carbonyl (C=O) groups is 2. The maximum absolute atomic E-state index is 11.8. The fraction of sp³-hybridized carbons (Fsp3) is 0.312. The minimum atomic E-state index is -0.468. The van der Waals surface area contributed by atoms with E-state index in [2.05, 4.69) is 21.2 Å². The molecule has 0 atom stereocenters. The van der Waals surface area contributed by atoms with Gasteiger partial charge < -0.3 is 19.5 Å². The maximum atomic E-state index is 11.8. The number of halogens is 1. The molecule has 0 spiro atoms. The van der Waals surface area contributed by atoms with Crippen LogP contribution in [0, 0.1) is 5.41 Å². The Kier molecular flexibility index (Phi) is 6.89. The Morgan fingerprint density at radius 2 is 2.00 bits per heavy atom. The first-order valence-corrected chi connectivity index (χ1v) is 9.09. The van der Waals surface area contributed by atoms with E-state index in [0.717, 1.165) is 11.8 Å². The van der Waals surface area contributed by atoms with Crippen molar-refractivity contribution in [1.29, 1.82) is 5.41 Å². The van der Waals surface area contributed by atoms with E-state index in [4.69, 9.17) is 19.6 Å². The van der Waals surface area contributed by atoms with Crippen LogP contribution in [0.2, 0.25) is 0 Å². The van der Waals surface area contributed by atoms with E-state index < -0.39 is 5.97 Å². The molecule has 1 fully saturated rings. The highest BCUT2D eigenvalue weighted by atomic mass is 79.9. The predicted octanol–water partition coefficient (Wildman–Crippen LogP) is 2.93. The number of benzene rings is 1. The van der Waals surface area contributed by atoms with Gasteiger partial charge in [-0.1, -0.05) is 15.9 Å². The summed E-state index contributed by atoms with van der Waals surface area (Å²) in [6.07, 6.45) is 1.66. The smallest absolute Gasteiger partial charge is 0.344 e. The Hall–Kier alpha value is -2.00. The summed E-state index contributed by atoms with van der Waals surface area (Å²) < 4.78 is 16.5. The standard InChI is InChI=1S/C16H17BrN2O5S/c1-3-22-11-5-9(6-13-15(21)19-16(18)25-13)10(17)7-12(11)24-8-14(20)23-4-2/h5-7H,3-4,8H2,1-2H3,(H2,18,19,21). The van der Waals surface area contributed by atoms with Crippen molar-refractivity contribution < 1.29 is 23.8 Å². The van der Waals surface area contributed by atoms with E-state index in [1.807, 2.05) is 6.92 Å². The number of hydrogen-bond donors (Lipinski definition) is 2. The lowest BCUT2D eigenvalue weighted by atomic mass is 10.2. The lowest BCUT2D eigenvalue weighted by molar-refractivity contribution is -0.145. The first kappa shape index (κ1) is 19.3. The molecule has 0 radical (unpaired) electrons. The Morgan fingerprint density at radius 1 is 1.28 bits per heavy atom. The summed E-state index contributed by atoms with van der Waals surface area (Å²) in [6, 6.07) is 3.37. The number of hydrogen-bond acceptors (Lipinski definition) is 7. The van der Waals surface area contributed by atoms with Gasteiger partial charge in [0.2, 0.25) is 0 Å². The van der Waals surface area contributed by atoms with E-state index in [1.165, 1.54) is 0 Å². The zero-order valence-electron chi connectivity index (χ0n) is 13.7. The number of nitrogens with one attached hydrogen (secondary N) is 2. The van der Waals surface area contributed by atoms with Gasteiger partial charge in [-0.25, -0.2) is 4.79 Å². The third-order valence-corrected chi connectivity index (χ3v) is 4.48. The van der Waals surface area contributed by atoms with Crippen LogP contribution in [-0.4, -0.2) is 36.9 Å². The van der Waals surface area contributed by atoms with Crippen molar-refractivity contribution in [3.05, 3.63) is 27.1 Å². The third kappa shape index (κ3) is 5.23. The minimum Gasteiger partial charge on any atom is -0.490 e. The minimum absolute atomic E-state index is 0.0896. The van der Waals surface area contributed by atoms with Crippen LogP contribution in [0.4, 0.5) is 0 Å². The molecule has 25 heavy (non-hydrogen) atoms. The van der Waals surface area contributed by atoms with Crippen molar-refractivity contribution in [2.75, 3.05) is 19.8 Å². The molecular formula is C16H17BrN2O5S. The van der Waals surface area contributed by atoms with Gasteiger partial charge >= 0.3 is 5.97 Å². The van der Waals surface area contributed by atoms with Crippen molar-refractivity contribution in [3.8, 4) is 11.5 Å². The van der Waals surface area contributed by atoms with Gasteiger partial charge in [-0.3, -0.25) is 10.2 Å². The molecule has 9 heteroatoms. The van der Waals surface area contributed by atoms with Gasteiger partial charge in [-0.2, -0.15) is 0 Å². The highest BCUT2D eigenvalue weighted by molar-refractivity contribution is 9.10. The Labute approximate surface area is 157 Å². The molecule has 0 saturated carbocycles. The normalized spacial score (nSPS) is 15.2. The second-order valence-electron chi connectivity index (χ2n) is 4.74. The zero-order valence-corrected chi connectivity index (χ0v) is 16.1. The van der Waals surface area contributed by atoms with Crippen LogP contribution in [0.1, 0.15) is 19.4 Å². The number of thioether (sulfide) groups is 1. The molecule has 2 rings (SSSR count). The predicted molar refractivity (Wildman–Crippen MR) is 98.9 cm³/mol. The van der Waals surface area contributed by atoms with E-state index in [9.17, 15) is 9.59 Å². The molecule has 2 N–H and O–H groups in total. The fourth-order valence-corrected chi connectivity index (χ4v) is 3.09. The molecule has 1 amide bonds. The maximum Gasteiger partial charge on any atom is 0.344 e. The summed E-state index contributed by atoms with van der Waals surface area (Å²) >= 11 is 4.47. The number of amidine groups is 1. The summed E-state index contributed by atoms with van der Waals surface area (Å²) in [4.78, 5) is 23.6. The first-order chi connectivity index (χ1) is 11.9. The number of ether oxygens (including phenoxy) is 3. The molecule has 0 aliphatic carbocycles. The summed E-state index contributed by atoms with van der Waals surface area (Å²) in [6.45, 7) is 4.02. The molecule has 1 heterocycles. The molecule has 134 valence electrons. The van der Waals surface area contributed by atoms with E-state index in [-0.39, 0.29) is 24.3 Å². The van der Waals surface area contributed by atoms with Gasteiger partial charge in [0.05, 0.1) is 18.1 Å². The molecule has 1 aliphatic rings. The van der Waals surface area contributed by atoms with E-state index in [1.54, 1.807) is 25.1 Å². The summed E-state index contributed by atoms with van der Waals surface area (Å²) in [5.41, 5.74) is 0.694. The summed E-state index contributed by atoms with van der Waals surface area (Å²) in [7, 11) is 0. The largest absolute Gasteiger partial charge is 0.490 e. The number of amides is 1. The van der Waals surface area contributed by atoms with E-state index in [0.29, 0.717) is 33.0 Å². The number of esters is 1. The molecule has 7 nitrogen and oxygen atoms in total. The summed E-state index contributed by atoms with van der Waals surface area (Å²) in [5, 5.41) is 10.00. The molecule has 1 saturated heterocycles.